The van der Waals surface area contributed by atoms with E-state index in [2.05, 4.69) is 10.4 Å². The predicted molar refractivity (Wildman–Crippen MR) is 88.7 cm³/mol. The van der Waals surface area contributed by atoms with Crippen molar-refractivity contribution in [3.8, 4) is 5.75 Å². The van der Waals surface area contributed by atoms with E-state index in [0.717, 1.165) is 11.3 Å². The van der Waals surface area contributed by atoms with E-state index in [1.165, 1.54) is 0 Å². The number of methoxy groups -OCH3 is 1. The second-order valence-electron chi connectivity index (χ2n) is 5.02. The van der Waals surface area contributed by atoms with E-state index in [0.29, 0.717) is 17.9 Å². The van der Waals surface area contributed by atoms with Crippen LogP contribution in [0.5, 0.6) is 5.75 Å². The van der Waals surface area contributed by atoms with Gasteiger partial charge < -0.3 is 10.1 Å². The van der Waals surface area contributed by atoms with Crippen molar-refractivity contribution in [1.82, 2.24) is 9.78 Å². The molecular formula is C18H17N3O2. The summed E-state index contributed by atoms with van der Waals surface area (Å²) < 4.78 is 7.06. The molecule has 0 radical (unpaired) electrons. The van der Waals surface area contributed by atoms with Gasteiger partial charge in [-0.2, -0.15) is 5.10 Å². The maximum atomic E-state index is 12.5. The smallest absolute Gasteiger partial charge is 0.259 e. The van der Waals surface area contributed by atoms with Crippen molar-refractivity contribution in [2.24, 2.45) is 0 Å². The number of anilines is 1. The van der Waals surface area contributed by atoms with E-state index in [9.17, 15) is 4.79 Å². The number of hydrogen-bond acceptors (Lipinski definition) is 3. The van der Waals surface area contributed by atoms with Crippen molar-refractivity contribution >= 4 is 11.6 Å². The summed E-state index contributed by atoms with van der Waals surface area (Å²) in [4.78, 5) is 12.5. The molecular weight excluding hydrogens is 290 g/mol. The highest BCUT2D eigenvalue weighted by Crippen LogP contribution is 2.21. The van der Waals surface area contributed by atoms with E-state index >= 15 is 0 Å². The molecule has 1 aromatic heterocycles. The molecule has 0 atom stereocenters. The fourth-order valence-electron chi connectivity index (χ4n) is 2.37. The van der Waals surface area contributed by atoms with Crippen molar-refractivity contribution in [1.29, 1.82) is 0 Å². The fraction of sp³-hybridized carbons (Fsp3) is 0.111. The second-order valence-corrected chi connectivity index (χ2v) is 5.02. The number of para-hydroxylation sites is 2. The van der Waals surface area contributed by atoms with Gasteiger partial charge in [0.15, 0.2) is 0 Å². The van der Waals surface area contributed by atoms with Crippen LogP contribution in [0.1, 0.15) is 15.9 Å². The molecule has 0 aliphatic carbocycles. The number of hydrogen-bond donors (Lipinski definition) is 1. The Hall–Kier alpha value is -3.08. The van der Waals surface area contributed by atoms with Crippen LogP contribution in [0.25, 0.3) is 0 Å². The van der Waals surface area contributed by atoms with E-state index < -0.39 is 0 Å². The minimum Gasteiger partial charge on any atom is -0.496 e. The van der Waals surface area contributed by atoms with Gasteiger partial charge in [-0.25, -0.2) is 0 Å². The average Bonchev–Trinajstić information content (AvgIpc) is 3.09. The molecule has 116 valence electrons. The summed E-state index contributed by atoms with van der Waals surface area (Å²) in [5.41, 5.74) is 2.25. The van der Waals surface area contributed by atoms with Crippen LogP contribution in [0.4, 0.5) is 5.69 Å². The minimum atomic E-state index is -0.199. The lowest BCUT2D eigenvalue weighted by molar-refractivity contribution is 0.102. The topological polar surface area (TPSA) is 56.1 Å². The second kappa shape index (κ2) is 6.79. The Morgan fingerprint density at radius 3 is 2.70 bits per heavy atom. The molecule has 23 heavy (non-hydrogen) atoms. The van der Waals surface area contributed by atoms with Gasteiger partial charge in [-0.05, 0) is 29.8 Å². The molecule has 5 heteroatoms. The molecule has 1 N–H and O–H groups in total. The molecule has 1 heterocycles. The third-order valence-electron chi connectivity index (χ3n) is 3.51. The van der Waals surface area contributed by atoms with Crippen molar-refractivity contribution in [2.75, 3.05) is 12.4 Å². The molecule has 0 aliphatic heterocycles. The summed E-state index contributed by atoms with van der Waals surface area (Å²) >= 11 is 0. The van der Waals surface area contributed by atoms with Crippen LogP contribution >= 0.6 is 0 Å². The van der Waals surface area contributed by atoms with Crippen LogP contribution in [0.2, 0.25) is 0 Å². The van der Waals surface area contributed by atoms with E-state index in [1.807, 2.05) is 53.3 Å². The van der Waals surface area contributed by atoms with Gasteiger partial charge >= 0.3 is 0 Å². The number of amides is 1. The lowest BCUT2D eigenvalue weighted by Crippen LogP contribution is -2.15. The van der Waals surface area contributed by atoms with Crippen LogP contribution < -0.4 is 10.1 Å². The third-order valence-corrected chi connectivity index (χ3v) is 3.51. The quantitative estimate of drug-likeness (QED) is 0.787. The molecule has 0 fully saturated rings. The summed E-state index contributed by atoms with van der Waals surface area (Å²) in [5.74, 6) is 0.352. The van der Waals surface area contributed by atoms with E-state index in [1.54, 1.807) is 25.4 Å². The van der Waals surface area contributed by atoms with Crippen LogP contribution in [0.3, 0.4) is 0 Å². The molecule has 1 amide bonds. The van der Waals surface area contributed by atoms with Gasteiger partial charge in [0.05, 0.1) is 19.2 Å². The minimum absolute atomic E-state index is 0.199. The van der Waals surface area contributed by atoms with Crippen molar-refractivity contribution < 1.29 is 9.53 Å². The number of nitrogens with zero attached hydrogens (tertiary/aromatic N) is 2. The normalized spacial score (nSPS) is 10.3. The van der Waals surface area contributed by atoms with Gasteiger partial charge in [0.2, 0.25) is 0 Å². The van der Waals surface area contributed by atoms with Crippen molar-refractivity contribution in [3.05, 3.63) is 78.1 Å². The number of nitrogens with one attached hydrogen (secondary N) is 1. The average molecular weight is 307 g/mol. The zero-order valence-corrected chi connectivity index (χ0v) is 12.8. The molecule has 0 unspecified atom stereocenters. The molecule has 0 bridgehead atoms. The highest BCUT2D eigenvalue weighted by Gasteiger charge is 2.13. The SMILES string of the molecule is COc1ccccc1C(=O)Nc1ccccc1Cn1cccn1. The standard InChI is InChI=1S/C18H17N3O2/c1-23-17-10-5-3-8-15(17)18(22)20-16-9-4-2-7-14(16)13-21-12-6-11-19-21/h2-12H,13H2,1H3,(H,20,22). The molecule has 0 aliphatic rings. The van der Waals surface area contributed by atoms with E-state index in [-0.39, 0.29) is 5.91 Å². The summed E-state index contributed by atoms with van der Waals surface area (Å²) in [5, 5.41) is 7.16. The van der Waals surface area contributed by atoms with Gasteiger partial charge in [0.1, 0.15) is 5.75 Å². The molecule has 0 spiro atoms. The highest BCUT2D eigenvalue weighted by atomic mass is 16.5. The largest absolute Gasteiger partial charge is 0.496 e. The molecule has 2 aromatic carbocycles. The molecule has 0 saturated heterocycles. The first-order chi connectivity index (χ1) is 11.3. The van der Waals surface area contributed by atoms with Gasteiger partial charge in [-0.15, -0.1) is 0 Å². The Kier molecular flexibility index (Phi) is 4.38. The maximum absolute atomic E-state index is 12.5. The Balaban J connectivity index is 1.84. The van der Waals surface area contributed by atoms with Crippen LogP contribution in [-0.2, 0) is 6.54 Å². The van der Waals surface area contributed by atoms with Crippen LogP contribution in [0, 0.1) is 0 Å². The van der Waals surface area contributed by atoms with Crippen molar-refractivity contribution in [2.45, 2.75) is 6.54 Å². The zero-order valence-electron chi connectivity index (χ0n) is 12.8. The Labute approximate surface area is 134 Å². The monoisotopic (exact) mass is 307 g/mol. The molecule has 0 saturated carbocycles. The molecule has 3 rings (SSSR count). The fourth-order valence-corrected chi connectivity index (χ4v) is 2.37. The Morgan fingerprint density at radius 2 is 1.91 bits per heavy atom. The van der Waals surface area contributed by atoms with E-state index in [4.69, 9.17) is 4.74 Å². The third kappa shape index (κ3) is 3.40. The Morgan fingerprint density at radius 1 is 1.13 bits per heavy atom. The number of carbonyl (C=O) groups is 1. The number of ether oxygens (including phenoxy) is 1. The van der Waals surface area contributed by atoms with Crippen LogP contribution in [0.15, 0.2) is 67.0 Å². The first kappa shape index (κ1) is 14.8. The first-order valence-corrected chi connectivity index (χ1v) is 7.27. The van der Waals surface area contributed by atoms with Gasteiger partial charge in [0.25, 0.3) is 5.91 Å². The maximum Gasteiger partial charge on any atom is 0.259 e. The van der Waals surface area contributed by atoms with Crippen molar-refractivity contribution in [3.63, 3.8) is 0 Å². The number of aromatic nitrogens is 2. The van der Waals surface area contributed by atoms with Crippen LogP contribution in [-0.4, -0.2) is 22.8 Å². The molecule has 3 aromatic rings. The Bertz CT molecular complexity index is 798. The predicted octanol–water partition coefficient (Wildman–Crippen LogP) is 3.19. The summed E-state index contributed by atoms with van der Waals surface area (Å²) in [6, 6.07) is 16.7. The zero-order chi connectivity index (χ0) is 16.1. The number of benzene rings is 2. The number of carbonyl (C=O) groups excluding carboxylic acids is 1. The van der Waals surface area contributed by atoms with Gasteiger partial charge in [0, 0.05) is 18.1 Å². The summed E-state index contributed by atoms with van der Waals surface area (Å²) in [6.45, 7) is 0.593. The summed E-state index contributed by atoms with van der Waals surface area (Å²) in [6.07, 6.45) is 3.62. The lowest BCUT2D eigenvalue weighted by Gasteiger charge is -2.13. The number of rotatable bonds is 5. The van der Waals surface area contributed by atoms with Gasteiger partial charge in [-0.1, -0.05) is 30.3 Å². The lowest BCUT2D eigenvalue weighted by atomic mass is 10.1. The first-order valence-electron chi connectivity index (χ1n) is 7.27. The van der Waals surface area contributed by atoms with Gasteiger partial charge in [-0.3, -0.25) is 9.48 Å². The molecule has 5 nitrogen and oxygen atoms in total. The highest BCUT2D eigenvalue weighted by molar-refractivity contribution is 6.06. The summed E-state index contributed by atoms with van der Waals surface area (Å²) in [7, 11) is 1.55.